The van der Waals surface area contributed by atoms with Gasteiger partial charge in [-0.15, -0.1) is 0 Å². The second-order valence-electron chi connectivity index (χ2n) is 8.72. The highest BCUT2D eigenvalue weighted by Gasteiger charge is 2.36. The Kier molecular flexibility index (Phi) is 5.58. The highest BCUT2D eigenvalue weighted by atomic mass is 16.2. The third-order valence-corrected chi connectivity index (χ3v) is 6.67. The minimum atomic E-state index is -0.915. The van der Waals surface area contributed by atoms with E-state index in [0.29, 0.717) is 17.7 Å². The first-order chi connectivity index (χ1) is 16.0. The fourth-order valence-corrected chi connectivity index (χ4v) is 4.98. The third-order valence-electron chi connectivity index (χ3n) is 6.67. The van der Waals surface area contributed by atoms with Gasteiger partial charge in [0.2, 0.25) is 17.8 Å². The van der Waals surface area contributed by atoms with Crippen LogP contribution in [0.25, 0.3) is 10.8 Å². The van der Waals surface area contributed by atoms with Crippen molar-refractivity contribution in [2.45, 2.75) is 51.0 Å². The molecule has 8 heteroatoms. The van der Waals surface area contributed by atoms with Crippen LogP contribution in [0.15, 0.2) is 47.3 Å². The SMILES string of the molecule is CC[C@H]1CCCCN1c1nc2c(c(=O)[nH]1)[C@H](C(=O)Nc1cccc3ccccc13)CC(=O)N2. The molecule has 2 aliphatic heterocycles. The van der Waals surface area contributed by atoms with E-state index in [1.165, 1.54) is 0 Å². The molecule has 170 valence electrons. The molecule has 0 aliphatic carbocycles. The number of nitrogens with one attached hydrogen (secondary N) is 3. The fraction of sp³-hybridized carbons (Fsp3) is 0.360. The number of aromatic nitrogens is 2. The highest BCUT2D eigenvalue weighted by Crippen LogP contribution is 2.32. The number of nitrogens with zero attached hydrogens (tertiary/aromatic N) is 2. The lowest BCUT2D eigenvalue weighted by molar-refractivity contribution is -0.123. The standard InChI is InChI=1S/C25H27N5O3/c1-2-16-10-5-6-13-30(16)25-28-22-21(24(33)29-25)18(14-20(31)27-22)23(32)26-19-12-7-9-15-8-3-4-11-17(15)19/h3-4,7-9,11-12,16,18H,2,5-6,10,13-14H2,1H3,(H,26,32)(H2,27,28,29,31,33)/t16-,18+/m0/s1. The molecule has 0 bridgehead atoms. The lowest BCUT2D eigenvalue weighted by Gasteiger charge is -2.36. The van der Waals surface area contributed by atoms with Gasteiger partial charge in [0.15, 0.2) is 0 Å². The van der Waals surface area contributed by atoms with E-state index in [0.717, 1.165) is 43.0 Å². The maximum atomic E-state index is 13.3. The Morgan fingerprint density at radius 1 is 1.15 bits per heavy atom. The number of hydrogen-bond acceptors (Lipinski definition) is 5. The lowest BCUT2D eigenvalue weighted by Crippen LogP contribution is -2.43. The van der Waals surface area contributed by atoms with Crippen LogP contribution in [0, 0.1) is 0 Å². The van der Waals surface area contributed by atoms with Gasteiger partial charge in [-0.05, 0) is 37.1 Å². The number of carbonyl (C=O) groups excluding carboxylic acids is 2. The summed E-state index contributed by atoms with van der Waals surface area (Å²) in [6.45, 7) is 2.92. The zero-order valence-corrected chi connectivity index (χ0v) is 18.6. The van der Waals surface area contributed by atoms with E-state index in [4.69, 9.17) is 0 Å². The van der Waals surface area contributed by atoms with Crippen LogP contribution in [0.3, 0.4) is 0 Å². The quantitative estimate of drug-likeness (QED) is 0.567. The predicted octanol–water partition coefficient (Wildman–Crippen LogP) is 3.76. The van der Waals surface area contributed by atoms with Crippen LogP contribution in [-0.2, 0) is 9.59 Å². The van der Waals surface area contributed by atoms with Crippen molar-refractivity contribution in [2.75, 3.05) is 22.1 Å². The minimum absolute atomic E-state index is 0.102. The van der Waals surface area contributed by atoms with Gasteiger partial charge in [-0.2, -0.15) is 4.98 Å². The second-order valence-corrected chi connectivity index (χ2v) is 8.72. The molecule has 2 atom stereocenters. The summed E-state index contributed by atoms with van der Waals surface area (Å²) in [7, 11) is 0. The molecule has 5 rings (SSSR count). The summed E-state index contributed by atoms with van der Waals surface area (Å²) in [5.41, 5.74) is 0.473. The summed E-state index contributed by atoms with van der Waals surface area (Å²) in [6.07, 6.45) is 4.06. The van der Waals surface area contributed by atoms with Gasteiger partial charge in [0.1, 0.15) is 5.82 Å². The number of piperidine rings is 1. The summed E-state index contributed by atoms with van der Waals surface area (Å²) >= 11 is 0. The van der Waals surface area contributed by atoms with Crippen molar-refractivity contribution in [3.05, 3.63) is 58.4 Å². The Bertz CT molecular complexity index is 1280. The van der Waals surface area contributed by atoms with Crippen molar-refractivity contribution in [3.8, 4) is 0 Å². The number of anilines is 3. The number of fused-ring (bicyclic) bond motifs is 2. The largest absolute Gasteiger partial charge is 0.339 e. The first-order valence-electron chi connectivity index (χ1n) is 11.5. The number of H-pyrrole nitrogens is 1. The first kappa shape index (κ1) is 21.2. The molecule has 8 nitrogen and oxygen atoms in total. The van der Waals surface area contributed by atoms with Crippen LogP contribution >= 0.6 is 0 Å². The topological polar surface area (TPSA) is 107 Å². The number of carbonyl (C=O) groups is 2. The van der Waals surface area contributed by atoms with E-state index in [-0.39, 0.29) is 29.3 Å². The van der Waals surface area contributed by atoms with E-state index in [1.807, 2.05) is 42.5 Å². The van der Waals surface area contributed by atoms with Crippen LogP contribution in [-0.4, -0.2) is 34.4 Å². The van der Waals surface area contributed by atoms with E-state index >= 15 is 0 Å². The molecule has 3 N–H and O–H groups in total. The Morgan fingerprint density at radius 3 is 2.82 bits per heavy atom. The molecule has 0 saturated carbocycles. The van der Waals surface area contributed by atoms with Gasteiger partial charge in [0.25, 0.3) is 5.56 Å². The van der Waals surface area contributed by atoms with Gasteiger partial charge >= 0.3 is 0 Å². The van der Waals surface area contributed by atoms with E-state index < -0.39 is 11.8 Å². The average Bonchev–Trinajstić information content (AvgIpc) is 2.83. The molecule has 1 aromatic heterocycles. The molecule has 2 aromatic carbocycles. The smallest absolute Gasteiger partial charge is 0.258 e. The molecule has 2 amide bonds. The Labute approximate surface area is 191 Å². The maximum absolute atomic E-state index is 13.3. The molecule has 2 aliphatic rings. The number of amides is 2. The monoisotopic (exact) mass is 445 g/mol. The summed E-state index contributed by atoms with van der Waals surface area (Å²) in [6, 6.07) is 13.7. The third kappa shape index (κ3) is 3.97. The Balaban J connectivity index is 1.49. The normalized spacial score (nSPS) is 20.3. The number of hydrogen-bond donors (Lipinski definition) is 3. The minimum Gasteiger partial charge on any atom is -0.339 e. The van der Waals surface area contributed by atoms with Crippen LogP contribution in [0.5, 0.6) is 0 Å². The Morgan fingerprint density at radius 2 is 1.97 bits per heavy atom. The Hall–Kier alpha value is -3.68. The van der Waals surface area contributed by atoms with Crippen molar-refractivity contribution >= 4 is 40.0 Å². The zero-order valence-electron chi connectivity index (χ0n) is 18.6. The molecule has 1 fully saturated rings. The van der Waals surface area contributed by atoms with Crippen molar-refractivity contribution in [2.24, 2.45) is 0 Å². The van der Waals surface area contributed by atoms with E-state index in [1.54, 1.807) is 0 Å². The summed E-state index contributed by atoms with van der Waals surface area (Å²) in [4.78, 5) is 48.5. The zero-order chi connectivity index (χ0) is 22.9. The van der Waals surface area contributed by atoms with Gasteiger partial charge in [0.05, 0.1) is 11.5 Å². The summed E-state index contributed by atoms with van der Waals surface area (Å²) in [5.74, 6) is -0.993. The first-order valence-corrected chi connectivity index (χ1v) is 11.5. The molecule has 33 heavy (non-hydrogen) atoms. The molecule has 0 unspecified atom stereocenters. The van der Waals surface area contributed by atoms with Crippen LogP contribution in [0.1, 0.15) is 50.5 Å². The second kappa shape index (κ2) is 8.69. The van der Waals surface area contributed by atoms with Crippen molar-refractivity contribution < 1.29 is 9.59 Å². The summed E-state index contributed by atoms with van der Waals surface area (Å²) < 4.78 is 0. The number of rotatable bonds is 4. The van der Waals surface area contributed by atoms with Gasteiger partial charge in [-0.3, -0.25) is 19.4 Å². The summed E-state index contributed by atoms with van der Waals surface area (Å²) in [5, 5.41) is 7.53. The molecule has 0 radical (unpaired) electrons. The van der Waals surface area contributed by atoms with Crippen LogP contribution in [0.4, 0.5) is 17.5 Å². The van der Waals surface area contributed by atoms with E-state index in [9.17, 15) is 14.4 Å². The van der Waals surface area contributed by atoms with Crippen molar-refractivity contribution in [3.63, 3.8) is 0 Å². The van der Waals surface area contributed by atoms with Crippen molar-refractivity contribution in [1.29, 1.82) is 0 Å². The van der Waals surface area contributed by atoms with Gasteiger partial charge in [0, 0.05) is 30.1 Å². The van der Waals surface area contributed by atoms with Crippen LogP contribution < -0.4 is 21.1 Å². The van der Waals surface area contributed by atoms with Crippen LogP contribution in [0.2, 0.25) is 0 Å². The van der Waals surface area contributed by atoms with Crippen molar-refractivity contribution in [1.82, 2.24) is 9.97 Å². The molecule has 0 spiro atoms. The van der Waals surface area contributed by atoms with Gasteiger partial charge in [-0.25, -0.2) is 0 Å². The fourth-order valence-electron chi connectivity index (χ4n) is 4.98. The highest BCUT2D eigenvalue weighted by molar-refractivity contribution is 6.08. The lowest BCUT2D eigenvalue weighted by atomic mass is 9.92. The number of benzene rings is 2. The predicted molar refractivity (Wildman–Crippen MR) is 129 cm³/mol. The van der Waals surface area contributed by atoms with Gasteiger partial charge < -0.3 is 15.5 Å². The number of aromatic amines is 1. The molecular formula is C25H27N5O3. The molecule has 3 aromatic rings. The van der Waals surface area contributed by atoms with Gasteiger partial charge in [-0.1, -0.05) is 43.3 Å². The van der Waals surface area contributed by atoms with E-state index in [2.05, 4.69) is 32.4 Å². The maximum Gasteiger partial charge on any atom is 0.258 e. The molecular weight excluding hydrogens is 418 g/mol. The average molecular weight is 446 g/mol. The molecule has 1 saturated heterocycles. The molecule has 3 heterocycles.